The Bertz CT molecular complexity index is 1200. The van der Waals surface area contributed by atoms with Crippen molar-refractivity contribution in [2.45, 2.75) is 20.8 Å². The van der Waals surface area contributed by atoms with Crippen molar-refractivity contribution < 1.29 is 9.47 Å². The van der Waals surface area contributed by atoms with Crippen LogP contribution in [0.4, 0.5) is 11.6 Å². The molecule has 4 rings (SSSR count). The summed E-state index contributed by atoms with van der Waals surface area (Å²) < 4.78 is 13.0. The highest BCUT2D eigenvalue weighted by Crippen LogP contribution is 2.32. The van der Waals surface area contributed by atoms with Gasteiger partial charge in [-0.2, -0.15) is 0 Å². The number of aryl methyl sites for hydroxylation is 3. The van der Waals surface area contributed by atoms with E-state index >= 15 is 0 Å². The standard InChI is InChI=1S/C26H33N5O2/c1-17-13-18(2)25(19(3)14-17)29-24-16-21(20-7-8-22(32-5)23(15-20)33-6)28-26(30(24)4)31-11-9-27-10-12-31/h7-8,13-16,27H,9-12H2,1-6H3. The Hall–Kier alpha value is -3.32. The molecule has 0 amide bonds. The average Bonchev–Trinajstić information content (AvgIpc) is 2.82. The van der Waals surface area contributed by atoms with Crippen molar-refractivity contribution in [3.63, 3.8) is 0 Å². The number of hydrogen-bond donors (Lipinski definition) is 1. The highest BCUT2D eigenvalue weighted by Gasteiger charge is 2.17. The van der Waals surface area contributed by atoms with Gasteiger partial charge < -0.3 is 19.7 Å². The predicted octanol–water partition coefficient (Wildman–Crippen LogP) is 3.67. The molecule has 1 N–H and O–H groups in total. The third-order valence-electron chi connectivity index (χ3n) is 6.07. The van der Waals surface area contributed by atoms with Crippen molar-refractivity contribution in [2.24, 2.45) is 12.0 Å². The monoisotopic (exact) mass is 447 g/mol. The van der Waals surface area contributed by atoms with Crippen LogP contribution in [0.2, 0.25) is 0 Å². The van der Waals surface area contributed by atoms with Crippen molar-refractivity contribution >= 4 is 11.6 Å². The highest BCUT2D eigenvalue weighted by atomic mass is 16.5. The molecule has 0 radical (unpaired) electrons. The fourth-order valence-corrected chi connectivity index (χ4v) is 4.40. The summed E-state index contributed by atoms with van der Waals surface area (Å²) in [5.41, 5.74) is 7.25. The molecule has 0 aliphatic carbocycles. The zero-order valence-electron chi connectivity index (χ0n) is 20.4. The molecule has 2 heterocycles. The first-order valence-electron chi connectivity index (χ1n) is 11.3. The molecule has 1 aliphatic heterocycles. The van der Waals surface area contributed by atoms with E-state index in [9.17, 15) is 0 Å². The van der Waals surface area contributed by atoms with Crippen LogP contribution in [0.3, 0.4) is 0 Å². The van der Waals surface area contributed by atoms with Gasteiger partial charge in [0.2, 0.25) is 5.95 Å². The first-order chi connectivity index (χ1) is 15.9. The number of hydrogen-bond acceptors (Lipinski definition) is 6. The zero-order chi connectivity index (χ0) is 23.5. The molecule has 0 spiro atoms. The molecule has 0 atom stereocenters. The minimum atomic E-state index is 0.678. The molecule has 3 aromatic rings. The van der Waals surface area contributed by atoms with Gasteiger partial charge in [0.15, 0.2) is 11.5 Å². The van der Waals surface area contributed by atoms with Crippen molar-refractivity contribution in [1.29, 1.82) is 0 Å². The van der Waals surface area contributed by atoms with E-state index in [0.29, 0.717) is 11.5 Å². The van der Waals surface area contributed by atoms with Gasteiger partial charge in [-0.1, -0.05) is 17.7 Å². The first-order valence-corrected chi connectivity index (χ1v) is 11.3. The van der Waals surface area contributed by atoms with Gasteiger partial charge in [0.1, 0.15) is 5.49 Å². The maximum absolute atomic E-state index is 5.54. The molecule has 1 fully saturated rings. The number of anilines is 1. The lowest BCUT2D eigenvalue weighted by atomic mass is 10.1. The van der Waals surface area contributed by atoms with Crippen LogP contribution in [-0.2, 0) is 7.05 Å². The van der Waals surface area contributed by atoms with Crippen LogP contribution in [0.25, 0.3) is 11.3 Å². The molecule has 1 aromatic heterocycles. The van der Waals surface area contributed by atoms with E-state index in [1.165, 1.54) is 16.7 Å². The lowest BCUT2D eigenvalue weighted by molar-refractivity contribution is 0.355. The topological polar surface area (TPSA) is 63.9 Å². The largest absolute Gasteiger partial charge is 0.493 e. The average molecular weight is 448 g/mol. The van der Waals surface area contributed by atoms with Crippen LogP contribution in [0.5, 0.6) is 11.5 Å². The molecule has 0 saturated carbocycles. The second-order valence-electron chi connectivity index (χ2n) is 8.52. The highest BCUT2D eigenvalue weighted by molar-refractivity contribution is 5.65. The number of rotatable bonds is 5. The van der Waals surface area contributed by atoms with E-state index in [0.717, 1.165) is 54.6 Å². The lowest BCUT2D eigenvalue weighted by Crippen LogP contribution is -2.46. The van der Waals surface area contributed by atoms with Crippen molar-refractivity contribution in [2.75, 3.05) is 45.3 Å². The summed E-state index contributed by atoms with van der Waals surface area (Å²) in [6.45, 7) is 10.0. The van der Waals surface area contributed by atoms with Gasteiger partial charge >= 0.3 is 0 Å². The van der Waals surface area contributed by atoms with Crippen LogP contribution in [0.1, 0.15) is 16.7 Å². The van der Waals surface area contributed by atoms with E-state index < -0.39 is 0 Å². The molecular formula is C26H33N5O2. The molecule has 7 heteroatoms. The lowest BCUT2D eigenvalue weighted by Gasteiger charge is -2.30. The van der Waals surface area contributed by atoms with Crippen LogP contribution in [-0.4, -0.2) is 49.9 Å². The third kappa shape index (κ3) is 4.73. The number of nitrogens with one attached hydrogen (secondary N) is 1. The molecule has 0 unspecified atom stereocenters. The summed E-state index contributed by atoms with van der Waals surface area (Å²) in [5.74, 6) is 2.28. The number of ether oxygens (including phenoxy) is 2. The number of nitrogens with zero attached hydrogens (tertiary/aromatic N) is 4. The normalized spacial score (nSPS) is 14.5. The smallest absolute Gasteiger partial charge is 0.207 e. The summed E-state index contributed by atoms with van der Waals surface area (Å²) in [4.78, 5) is 12.5. The van der Waals surface area contributed by atoms with Crippen molar-refractivity contribution in [1.82, 2.24) is 14.9 Å². The zero-order valence-corrected chi connectivity index (χ0v) is 20.4. The predicted molar refractivity (Wildman–Crippen MR) is 133 cm³/mol. The summed E-state index contributed by atoms with van der Waals surface area (Å²) in [6.07, 6.45) is 0. The van der Waals surface area contributed by atoms with Crippen LogP contribution < -0.4 is 25.2 Å². The Balaban J connectivity index is 1.94. The minimum Gasteiger partial charge on any atom is -0.493 e. The second-order valence-corrected chi connectivity index (χ2v) is 8.52. The van der Waals surface area contributed by atoms with Gasteiger partial charge in [0, 0.05) is 44.9 Å². The van der Waals surface area contributed by atoms with E-state index in [4.69, 9.17) is 19.5 Å². The van der Waals surface area contributed by atoms with Gasteiger partial charge in [-0.15, -0.1) is 0 Å². The molecule has 7 nitrogen and oxygen atoms in total. The first kappa shape index (κ1) is 22.9. The fraction of sp³-hybridized carbons (Fsp3) is 0.385. The molecule has 0 bridgehead atoms. The van der Waals surface area contributed by atoms with E-state index in [2.05, 4.69) is 47.7 Å². The summed E-state index contributed by atoms with van der Waals surface area (Å²) in [5, 5.41) is 3.42. The maximum atomic E-state index is 5.54. The molecule has 1 saturated heterocycles. The number of benzene rings is 2. The Morgan fingerprint density at radius 2 is 1.58 bits per heavy atom. The SMILES string of the molecule is COc1ccc(-c2cc(=Nc3c(C)cc(C)cc3C)n(C)c(N3CCNCC3)n2)cc1OC. The second kappa shape index (κ2) is 9.67. The molecule has 2 aromatic carbocycles. The molecular weight excluding hydrogens is 414 g/mol. The minimum absolute atomic E-state index is 0.678. The number of methoxy groups -OCH3 is 2. The van der Waals surface area contributed by atoms with Crippen molar-refractivity contribution in [3.05, 3.63) is 58.6 Å². The van der Waals surface area contributed by atoms with Gasteiger partial charge in [0.25, 0.3) is 0 Å². The molecule has 174 valence electrons. The van der Waals surface area contributed by atoms with Gasteiger partial charge in [-0.3, -0.25) is 4.57 Å². The van der Waals surface area contributed by atoms with E-state index in [1.807, 2.05) is 31.3 Å². The Kier molecular flexibility index (Phi) is 6.70. The van der Waals surface area contributed by atoms with Gasteiger partial charge in [0.05, 0.1) is 25.6 Å². The Morgan fingerprint density at radius 3 is 2.21 bits per heavy atom. The quantitative estimate of drug-likeness (QED) is 0.647. The number of aromatic nitrogens is 2. The van der Waals surface area contributed by atoms with Gasteiger partial charge in [-0.25, -0.2) is 9.98 Å². The summed E-state index contributed by atoms with van der Waals surface area (Å²) in [6, 6.07) is 12.3. The molecule has 33 heavy (non-hydrogen) atoms. The third-order valence-corrected chi connectivity index (χ3v) is 6.07. The number of piperazine rings is 1. The van der Waals surface area contributed by atoms with Crippen molar-refractivity contribution in [3.8, 4) is 22.8 Å². The van der Waals surface area contributed by atoms with Crippen LogP contribution in [0.15, 0.2) is 41.4 Å². The summed E-state index contributed by atoms with van der Waals surface area (Å²) >= 11 is 0. The Morgan fingerprint density at radius 1 is 0.909 bits per heavy atom. The molecule has 1 aliphatic rings. The van der Waals surface area contributed by atoms with Crippen LogP contribution >= 0.6 is 0 Å². The summed E-state index contributed by atoms with van der Waals surface area (Å²) in [7, 11) is 5.33. The van der Waals surface area contributed by atoms with E-state index in [1.54, 1.807) is 14.2 Å². The maximum Gasteiger partial charge on any atom is 0.207 e. The van der Waals surface area contributed by atoms with Gasteiger partial charge in [-0.05, 0) is 50.1 Å². The van der Waals surface area contributed by atoms with E-state index in [-0.39, 0.29) is 0 Å². The Labute approximate surface area is 195 Å². The fourth-order valence-electron chi connectivity index (χ4n) is 4.40. The van der Waals surface area contributed by atoms with Crippen LogP contribution in [0, 0.1) is 20.8 Å².